The molecule has 0 saturated carbocycles. The van der Waals surface area contributed by atoms with Crippen LogP contribution in [-0.4, -0.2) is 37.1 Å². The smallest absolute Gasteiger partial charge is 0.356 e. The van der Waals surface area contributed by atoms with Crippen molar-refractivity contribution in [3.05, 3.63) is 0 Å². The van der Waals surface area contributed by atoms with Crippen LogP contribution in [0.15, 0.2) is 0 Å². The van der Waals surface area contributed by atoms with Crippen LogP contribution < -0.4 is 5.32 Å². The molecule has 0 aromatic heterocycles. The molecule has 0 radical (unpaired) electrons. The molecule has 8 heteroatoms. The molecule has 2 unspecified atom stereocenters. The van der Waals surface area contributed by atoms with Gasteiger partial charge in [0.25, 0.3) is 0 Å². The first-order valence-corrected chi connectivity index (χ1v) is 5.02. The molecule has 2 atom stereocenters. The SMILES string of the molecule is CCNC(C)C(C)OC(C(F)(F)F)C(F)(F)F. The number of rotatable bonds is 5. The van der Waals surface area contributed by atoms with E-state index in [2.05, 4.69) is 10.1 Å². The monoisotopic (exact) mass is 267 g/mol. The van der Waals surface area contributed by atoms with Crippen LogP contribution in [0.4, 0.5) is 26.3 Å². The van der Waals surface area contributed by atoms with Gasteiger partial charge in [0, 0.05) is 6.04 Å². The van der Waals surface area contributed by atoms with E-state index in [1.165, 1.54) is 6.92 Å². The van der Waals surface area contributed by atoms with E-state index in [1.54, 1.807) is 6.92 Å². The van der Waals surface area contributed by atoms with Gasteiger partial charge in [0.15, 0.2) is 0 Å². The molecule has 0 aliphatic rings. The molecule has 0 amide bonds. The zero-order valence-electron chi connectivity index (χ0n) is 9.62. The molecule has 0 rings (SSSR count). The van der Waals surface area contributed by atoms with E-state index in [0.717, 1.165) is 6.92 Å². The standard InChI is InChI=1S/C9H15F6NO/c1-4-16-5(2)6(3)17-7(8(10,11)12)9(13,14)15/h5-7,16H,4H2,1-3H3. The molecular formula is C9H15F6NO. The predicted molar refractivity (Wildman–Crippen MR) is 49.6 cm³/mol. The fourth-order valence-corrected chi connectivity index (χ4v) is 1.16. The molecular weight excluding hydrogens is 252 g/mol. The molecule has 0 aromatic rings. The minimum absolute atomic E-state index is 0.428. The van der Waals surface area contributed by atoms with E-state index in [1.807, 2.05) is 0 Å². The maximum atomic E-state index is 12.2. The van der Waals surface area contributed by atoms with Gasteiger partial charge in [-0.25, -0.2) is 0 Å². The average molecular weight is 267 g/mol. The van der Waals surface area contributed by atoms with Gasteiger partial charge in [0.1, 0.15) is 0 Å². The van der Waals surface area contributed by atoms with Gasteiger partial charge < -0.3 is 10.1 Å². The van der Waals surface area contributed by atoms with Crippen molar-refractivity contribution in [3.63, 3.8) is 0 Å². The van der Waals surface area contributed by atoms with Gasteiger partial charge in [0.2, 0.25) is 6.10 Å². The molecule has 2 nitrogen and oxygen atoms in total. The van der Waals surface area contributed by atoms with Crippen LogP contribution in [0.2, 0.25) is 0 Å². The third-order valence-corrected chi connectivity index (χ3v) is 2.18. The number of hydrogen-bond acceptors (Lipinski definition) is 2. The molecule has 0 heterocycles. The lowest BCUT2D eigenvalue weighted by atomic mass is 10.2. The molecule has 0 bridgehead atoms. The van der Waals surface area contributed by atoms with Gasteiger partial charge in [-0.3, -0.25) is 0 Å². The molecule has 0 saturated heterocycles. The van der Waals surface area contributed by atoms with Crippen molar-refractivity contribution in [1.29, 1.82) is 0 Å². The molecule has 0 aliphatic carbocycles. The number of halogens is 6. The highest BCUT2D eigenvalue weighted by Crippen LogP contribution is 2.36. The summed E-state index contributed by atoms with van der Waals surface area (Å²) < 4.78 is 77.0. The first-order chi connectivity index (χ1) is 7.50. The van der Waals surface area contributed by atoms with E-state index in [4.69, 9.17) is 0 Å². The highest BCUT2D eigenvalue weighted by atomic mass is 19.4. The van der Waals surface area contributed by atoms with Crippen LogP contribution >= 0.6 is 0 Å². The summed E-state index contributed by atoms with van der Waals surface area (Å²) in [6.07, 6.45) is -15.9. The summed E-state index contributed by atoms with van der Waals surface area (Å²) in [6.45, 7) is 4.74. The van der Waals surface area contributed by atoms with Gasteiger partial charge in [0.05, 0.1) is 6.10 Å². The zero-order chi connectivity index (χ0) is 13.9. The maximum Gasteiger partial charge on any atom is 0.423 e. The van der Waals surface area contributed by atoms with Gasteiger partial charge in [-0.05, 0) is 20.4 Å². The maximum absolute atomic E-state index is 12.2. The minimum atomic E-state index is -5.46. The molecule has 0 aliphatic heterocycles. The average Bonchev–Trinajstić information content (AvgIpc) is 2.10. The second kappa shape index (κ2) is 5.90. The largest absolute Gasteiger partial charge is 0.423 e. The van der Waals surface area contributed by atoms with Crippen LogP contribution in [0.1, 0.15) is 20.8 Å². The lowest BCUT2D eigenvalue weighted by Crippen LogP contribution is -2.49. The van der Waals surface area contributed by atoms with E-state index >= 15 is 0 Å². The lowest BCUT2D eigenvalue weighted by molar-refractivity contribution is -0.331. The fourth-order valence-electron chi connectivity index (χ4n) is 1.16. The summed E-state index contributed by atoms with van der Waals surface area (Å²) in [5, 5.41) is 2.69. The van der Waals surface area contributed by atoms with Crippen LogP contribution in [0, 0.1) is 0 Å². The third kappa shape index (κ3) is 5.58. The zero-order valence-corrected chi connectivity index (χ0v) is 9.62. The summed E-state index contributed by atoms with van der Waals surface area (Å²) in [6, 6.07) is -0.604. The van der Waals surface area contributed by atoms with E-state index in [9.17, 15) is 26.3 Å². The molecule has 1 N–H and O–H groups in total. The Morgan fingerprint density at radius 1 is 1.00 bits per heavy atom. The molecule has 0 spiro atoms. The summed E-state index contributed by atoms with van der Waals surface area (Å²) in [7, 11) is 0. The van der Waals surface area contributed by atoms with Crippen LogP contribution in [0.25, 0.3) is 0 Å². The summed E-state index contributed by atoms with van der Waals surface area (Å²) >= 11 is 0. The Morgan fingerprint density at radius 3 is 1.71 bits per heavy atom. The van der Waals surface area contributed by atoms with Gasteiger partial charge >= 0.3 is 12.4 Å². The quantitative estimate of drug-likeness (QED) is 0.773. The minimum Gasteiger partial charge on any atom is -0.356 e. The van der Waals surface area contributed by atoms with E-state index < -0.39 is 30.6 Å². The van der Waals surface area contributed by atoms with Crippen LogP contribution in [-0.2, 0) is 4.74 Å². The Hall–Kier alpha value is -0.500. The number of alkyl halides is 6. The Balaban J connectivity index is 4.67. The van der Waals surface area contributed by atoms with Crippen molar-refractivity contribution in [2.45, 2.75) is 51.4 Å². The third-order valence-electron chi connectivity index (χ3n) is 2.18. The topological polar surface area (TPSA) is 21.3 Å². The summed E-state index contributed by atoms with van der Waals surface area (Å²) in [4.78, 5) is 0. The van der Waals surface area contributed by atoms with Crippen molar-refractivity contribution >= 4 is 0 Å². The molecule has 0 aromatic carbocycles. The first kappa shape index (κ1) is 16.5. The number of likely N-dealkylation sites (N-methyl/N-ethyl adjacent to an activating group) is 1. The Bertz CT molecular complexity index is 213. The number of hydrogen-bond donors (Lipinski definition) is 1. The highest BCUT2D eigenvalue weighted by Gasteiger charge is 2.58. The normalized spacial score (nSPS) is 17.3. The predicted octanol–water partition coefficient (Wildman–Crippen LogP) is 2.88. The van der Waals surface area contributed by atoms with Crippen molar-refractivity contribution < 1.29 is 31.1 Å². The van der Waals surface area contributed by atoms with E-state index in [-0.39, 0.29) is 0 Å². The Labute approximate surface area is 95.3 Å². The molecule has 17 heavy (non-hydrogen) atoms. The van der Waals surface area contributed by atoms with Crippen molar-refractivity contribution in [2.75, 3.05) is 6.54 Å². The van der Waals surface area contributed by atoms with Gasteiger partial charge in [-0.15, -0.1) is 0 Å². The Morgan fingerprint density at radius 2 is 1.41 bits per heavy atom. The Kier molecular flexibility index (Phi) is 5.73. The second-order valence-electron chi connectivity index (χ2n) is 3.65. The first-order valence-electron chi connectivity index (χ1n) is 5.02. The van der Waals surface area contributed by atoms with Crippen molar-refractivity contribution in [2.24, 2.45) is 0 Å². The second-order valence-corrected chi connectivity index (χ2v) is 3.65. The number of ether oxygens (including phenoxy) is 1. The molecule has 104 valence electrons. The van der Waals surface area contributed by atoms with Gasteiger partial charge in [-0.2, -0.15) is 26.3 Å². The van der Waals surface area contributed by atoms with E-state index in [0.29, 0.717) is 6.54 Å². The summed E-state index contributed by atoms with van der Waals surface area (Å²) in [5.41, 5.74) is 0. The summed E-state index contributed by atoms with van der Waals surface area (Å²) in [5.74, 6) is 0. The number of nitrogens with one attached hydrogen (secondary N) is 1. The highest BCUT2D eigenvalue weighted by molar-refractivity contribution is 4.79. The van der Waals surface area contributed by atoms with Gasteiger partial charge in [-0.1, -0.05) is 6.92 Å². The van der Waals surface area contributed by atoms with Crippen LogP contribution in [0.3, 0.4) is 0 Å². The van der Waals surface area contributed by atoms with Crippen molar-refractivity contribution in [3.8, 4) is 0 Å². The fraction of sp³-hybridized carbons (Fsp3) is 1.00. The molecule has 0 fully saturated rings. The van der Waals surface area contributed by atoms with Crippen LogP contribution in [0.5, 0.6) is 0 Å². The van der Waals surface area contributed by atoms with Crippen molar-refractivity contribution in [1.82, 2.24) is 5.32 Å². The lowest BCUT2D eigenvalue weighted by Gasteiger charge is -2.29.